The van der Waals surface area contributed by atoms with Crippen LogP contribution < -0.4 is 10.9 Å². The van der Waals surface area contributed by atoms with E-state index in [2.05, 4.69) is 30.4 Å². The van der Waals surface area contributed by atoms with Crippen LogP contribution in [0.2, 0.25) is 0 Å². The number of aryl methyl sites for hydroxylation is 1. The van der Waals surface area contributed by atoms with Crippen LogP contribution >= 0.6 is 45.2 Å². The Morgan fingerprint density at radius 1 is 1.07 bits per heavy atom. The number of fused-ring (bicyclic) bond motifs is 2. The number of aromatic nitrogens is 6. The molecule has 1 saturated carbocycles. The molecular weight excluding hydrogens is 760 g/mol. The summed E-state index contributed by atoms with van der Waals surface area (Å²) in [6.45, 7) is 0. The number of nitrogens with zero attached hydrogens (tertiary/aromatic N) is 5. The van der Waals surface area contributed by atoms with Crippen molar-refractivity contribution in [1.82, 2.24) is 29.5 Å². The molecule has 1 unspecified atom stereocenters. The number of hydrogen-bond donors (Lipinski definition) is 2. The highest BCUT2D eigenvalue weighted by molar-refractivity contribution is 14.2. The van der Waals surface area contributed by atoms with Crippen LogP contribution in [0, 0.1) is 5.92 Å². The first-order valence-corrected chi connectivity index (χ1v) is 14.4. The van der Waals surface area contributed by atoms with Gasteiger partial charge in [-0.25, -0.2) is 23.9 Å². The minimum Gasteiger partial charge on any atom is -0.309 e. The average molecular weight is 779 g/mol. The summed E-state index contributed by atoms with van der Waals surface area (Å²) in [4.78, 5) is 43.0. The van der Waals surface area contributed by atoms with Gasteiger partial charge < -0.3 is 10.3 Å². The molecule has 1 atom stereocenters. The zero-order valence-corrected chi connectivity index (χ0v) is 24.7. The number of anilines is 1. The summed E-state index contributed by atoms with van der Waals surface area (Å²) in [6, 6.07) is 6.57. The molecule has 40 heavy (non-hydrogen) atoms. The molecular formula is C25H19F4I2N7O2. The third-order valence-electron chi connectivity index (χ3n) is 7.21. The molecule has 1 amide bonds. The number of carbonyl (C=O) groups excluding carboxylic acids is 1. The minimum absolute atomic E-state index is 0.0170. The van der Waals surface area contributed by atoms with E-state index in [9.17, 15) is 27.2 Å². The van der Waals surface area contributed by atoms with E-state index in [0.717, 1.165) is 12.8 Å². The first-order valence-electron chi connectivity index (χ1n) is 12.3. The van der Waals surface area contributed by atoms with Gasteiger partial charge >= 0.3 is 6.18 Å². The molecule has 1 aliphatic heterocycles. The second-order valence-corrected chi connectivity index (χ2v) is 14.9. The number of carbonyl (C=O) groups is 1. The highest BCUT2D eigenvalue weighted by Gasteiger charge is 2.59. The van der Waals surface area contributed by atoms with Crippen molar-refractivity contribution >= 4 is 62.6 Å². The van der Waals surface area contributed by atoms with Crippen molar-refractivity contribution in [2.45, 2.75) is 45.4 Å². The lowest BCUT2D eigenvalue weighted by Gasteiger charge is -2.27. The number of amides is 1. The van der Waals surface area contributed by atoms with Gasteiger partial charge in [0.2, 0.25) is 7.59 Å². The molecule has 4 heterocycles. The van der Waals surface area contributed by atoms with Crippen molar-refractivity contribution in [2.75, 3.05) is 5.32 Å². The van der Waals surface area contributed by atoms with E-state index in [-0.39, 0.29) is 47.4 Å². The van der Waals surface area contributed by atoms with Gasteiger partial charge in [-0.05, 0) is 82.3 Å². The van der Waals surface area contributed by atoms with Crippen molar-refractivity contribution in [3.05, 3.63) is 69.5 Å². The Hall–Kier alpha value is -2.70. The lowest BCUT2D eigenvalue weighted by Crippen LogP contribution is -2.41. The second-order valence-electron chi connectivity index (χ2n) is 9.82. The van der Waals surface area contributed by atoms with Gasteiger partial charge in [-0.1, -0.05) is 24.3 Å². The summed E-state index contributed by atoms with van der Waals surface area (Å²) in [7, 11) is 0. The molecule has 1 aromatic carbocycles. The van der Waals surface area contributed by atoms with Crippen LogP contribution in [0.4, 0.5) is 23.4 Å². The van der Waals surface area contributed by atoms with E-state index >= 15 is 0 Å². The lowest BCUT2D eigenvalue weighted by molar-refractivity contribution is -0.135. The Morgan fingerprint density at radius 2 is 1.80 bits per heavy atom. The predicted octanol–water partition coefficient (Wildman–Crippen LogP) is 5.36. The number of rotatable bonds is 7. The van der Waals surface area contributed by atoms with Crippen LogP contribution in [0.3, 0.4) is 0 Å². The van der Waals surface area contributed by atoms with Gasteiger partial charge in [-0.2, -0.15) is 18.3 Å². The van der Waals surface area contributed by atoms with Gasteiger partial charge in [-0.3, -0.25) is 9.59 Å². The van der Waals surface area contributed by atoms with Crippen molar-refractivity contribution in [3.8, 4) is 11.5 Å². The van der Waals surface area contributed by atoms with Gasteiger partial charge in [0.1, 0.15) is 23.3 Å². The molecule has 1 fully saturated rings. The third kappa shape index (κ3) is 4.77. The van der Waals surface area contributed by atoms with Crippen LogP contribution in [-0.4, -0.2) is 41.6 Å². The smallest absolute Gasteiger partial charge is 0.309 e. The summed E-state index contributed by atoms with van der Waals surface area (Å²) in [5, 5.41) is 6.84. The Labute approximate surface area is 250 Å². The average Bonchev–Trinajstić information content (AvgIpc) is 3.52. The monoisotopic (exact) mass is 779 g/mol. The maximum atomic E-state index is 14.5. The number of benzene rings is 1. The fraction of sp³-hybridized carbons (Fsp3) is 0.360. The first-order chi connectivity index (χ1) is 18.9. The van der Waals surface area contributed by atoms with E-state index in [0.29, 0.717) is 16.8 Å². The van der Waals surface area contributed by atoms with Gasteiger partial charge in [0.05, 0.1) is 17.5 Å². The van der Waals surface area contributed by atoms with E-state index in [1.807, 2.05) is 0 Å². The fourth-order valence-corrected chi connectivity index (χ4v) is 6.06. The Kier molecular flexibility index (Phi) is 6.66. The molecule has 0 saturated heterocycles. The van der Waals surface area contributed by atoms with Gasteiger partial charge in [-0.15, -0.1) is 0 Å². The maximum absolute atomic E-state index is 14.5. The molecule has 0 spiro atoms. The second kappa shape index (κ2) is 9.70. The van der Waals surface area contributed by atoms with Crippen LogP contribution in [0.25, 0.3) is 17.2 Å². The molecule has 4 aromatic rings. The zero-order valence-electron chi connectivity index (χ0n) is 20.4. The van der Waals surface area contributed by atoms with Crippen molar-refractivity contribution in [2.24, 2.45) is 5.92 Å². The normalized spacial score (nSPS) is 19.2. The summed E-state index contributed by atoms with van der Waals surface area (Å²) in [5.41, 5.74) is 0.0731. The summed E-state index contributed by atoms with van der Waals surface area (Å²) in [6.07, 6.45) is -1.33. The Balaban J connectivity index is 1.43. The standard InChI is InChI=1S/C25H19F4I2N7O2/c26-23(27,28)9-1-2-15-20-32-11-33-38(20)10-16(34-15)18-35-19-17(21(39)36-18)24(12-3-4-12,22(40)37-19)13-5-7-14(8-6-13)25(29,30)31/h5-8,10-12H,1-4,9H2,(H2,35,36,37,39,40). The summed E-state index contributed by atoms with van der Waals surface area (Å²) in [5.74, 6) is -0.414. The van der Waals surface area contributed by atoms with E-state index in [4.69, 9.17) is 0 Å². The molecule has 0 radical (unpaired) electrons. The molecule has 1 aliphatic carbocycles. The largest absolute Gasteiger partial charge is 0.389 e. The molecule has 15 heteroatoms. The molecule has 9 nitrogen and oxygen atoms in total. The molecule has 0 bridgehead atoms. The first kappa shape index (κ1) is 27.5. The molecule has 6 rings (SSSR count). The number of alkyl halides is 6. The summed E-state index contributed by atoms with van der Waals surface area (Å²) < 4.78 is 52.4. The topological polar surface area (TPSA) is 118 Å². The maximum Gasteiger partial charge on any atom is 0.389 e. The Morgan fingerprint density at radius 3 is 2.45 bits per heavy atom. The lowest BCUT2D eigenvalue weighted by atomic mass is 9.72. The van der Waals surface area contributed by atoms with E-state index in [1.165, 1.54) is 17.0 Å². The van der Waals surface area contributed by atoms with Gasteiger partial charge in [0, 0.05) is 12.0 Å². The fourth-order valence-electron chi connectivity index (χ4n) is 5.34. The predicted molar refractivity (Wildman–Crippen MR) is 153 cm³/mol. The quantitative estimate of drug-likeness (QED) is 0.148. The van der Waals surface area contributed by atoms with Crippen molar-refractivity contribution in [1.29, 1.82) is 0 Å². The van der Waals surface area contributed by atoms with Crippen LogP contribution in [0.1, 0.15) is 48.1 Å². The number of hydrogen-bond acceptors (Lipinski definition) is 6. The molecule has 3 aromatic heterocycles. The van der Waals surface area contributed by atoms with Crippen LogP contribution in [0.5, 0.6) is 0 Å². The number of halogens is 6. The van der Waals surface area contributed by atoms with Crippen molar-refractivity contribution < 1.29 is 22.4 Å². The number of H-pyrrole nitrogens is 1. The minimum atomic E-state index is -4.30. The highest BCUT2D eigenvalue weighted by Crippen LogP contribution is 2.55. The van der Waals surface area contributed by atoms with E-state index < -0.39 is 31.2 Å². The number of aromatic amines is 1. The van der Waals surface area contributed by atoms with Crippen molar-refractivity contribution in [3.63, 3.8) is 0 Å². The molecule has 2 N–H and O–H groups in total. The van der Waals surface area contributed by atoms with E-state index in [1.54, 1.807) is 69.4 Å². The highest BCUT2D eigenvalue weighted by atomic mass is 127. The van der Waals surface area contributed by atoms with Crippen LogP contribution in [0.15, 0.2) is 41.6 Å². The molecule has 2 aliphatic rings. The van der Waals surface area contributed by atoms with Gasteiger partial charge in [0.15, 0.2) is 11.5 Å². The van der Waals surface area contributed by atoms with Gasteiger partial charge in [0.25, 0.3) is 5.56 Å². The van der Waals surface area contributed by atoms with Crippen LogP contribution in [-0.2, 0) is 18.3 Å². The zero-order chi connectivity index (χ0) is 28.4. The Bertz CT molecular complexity index is 1690. The summed E-state index contributed by atoms with van der Waals surface area (Å²) >= 11 is 3.36. The SMILES string of the molecule is O=C1Nc2nc(-c3cn4ncnc4c(CCCC(F)(F)F)n3)[nH]c(=O)c2C1(c1ccc(C(F)(I)I)cc1)C1CC1. The molecule has 208 valence electrons. The third-order valence-corrected chi connectivity index (χ3v) is 8.45. The number of nitrogens with one attached hydrogen (secondary N) is 2.